The average Bonchev–Trinajstić information content (AvgIpc) is 3.42. The number of carbonyl (C=O) groups is 1. The lowest BCUT2D eigenvalue weighted by atomic mass is 9.78. The molecule has 2 aromatic rings. The van der Waals surface area contributed by atoms with E-state index in [1.54, 1.807) is 19.0 Å². The average molecular weight is 494 g/mol. The second-order valence-electron chi connectivity index (χ2n) is 10.4. The molecule has 0 spiro atoms. The Morgan fingerprint density at radius 1 is 1.00 bits per heavy atom. The van der Waals surface area contributed by atoms with Gasteiger partial charge in [0, 0.05) is 20.5 Å². The Kier molecular flexibility index (Phi) is 8.95. The third kappa shape index (κ3) is 5.87. The molecule has 188 valence electrons. The summed E-state index contributed by atoms with van der Waals surface area (Å²) in [5, 5.41) is 1.70. The molecule has 35 heavy (non-hydrogen) atoms. The van der Waals surface area contributed by atoms with Gasteiger partial charge in [0.25, 0.3) is 8.32 Å². The molecule has 0 aromatic heterocycles. The van der Waals surface area contributed by atoms with Gasteiger partial charge in [-0.3, -0.25) is 4.79 Å². The maximum absolute atomic E-state index is 12.6. The van der Waals surface area contributed by atoms with E-state index >= 15 is 0 Å². The Hall–Kier alpha value is -2.43. The number of nitrogens with zero attached hydrogens (tertiary/aromatic N) is 1. The minimum absolute atomic E-state index is 0.0303. The standard InChI is InChI=1S/C29H39NO4Si/c1-6-29(23-26(31)30(4)5,27-33-21-22-34-27)20-14-13-19-28(2,3)35(32,24-15-9-7-10-16-24)25-17-11-8-12-18-25/h1,7-12,15-18,27,32H,13-14,19-23H2,2-5H3/t29-/m0/s1. The summed E-state index contributed by atoms with van der Waals surface area (Å²) in [7, 11) is 0.424. The van der Waals surface area contributed by atoms with E-state index in [2.05, 4.69) is 19.8 Å². The first-order valence-corrected chi connectivity index (χ1v) is 14.4. The number of ether oxygens (including phenoxy) is 2. The van der Waals surface area contributed by atoms with Gasteiger partial charge in [0.1, 0.15) is 0 Å². The smallest absolute Gasteiger partial charge is 0.258 e. The third-order valence-electron chi connectivity index (χ3n) is 7.36. The molecule has 0 unspecified atom stereocenters. The van der Waals surface area contributed by atoms with Crippen LogP contribution in [-0.4, -0.2) is 57.5 Å². The number of unbranched alkanes of at least 4 members (excludes halogenated alkanes) is 1. The molecule has 1 saturated heterocycles. The lowest BCUT2D eigenvalue weighted by Crippen LogP contribution is -2.65. The van der Waals surface area contributed by atoms with Crippen LogP contribution in [0.15, 0.2) is 60.7 Å². The van der Waals surface area contributed by atoms with Crippen molar-refractivity contribution in [2.75, 3.05) is 27.3 Å². The van der Waals surface area contributed by atoms with Gasteiger partial charge in [-0.05, 0) is 28.3 Å². The minimum Gasteiger partial charge on any atom is -0.424 e. The van der Waals surface area contributed by atoms with Crippen LogP contribution in [0.25, 0.3) is 0 Å². The van der Waals surface area contributed by atoms with Crippen LogP contribution in [-0.2, 0) is 14.3 Å². The van der Waals surface area contributed by atoms with Crippen LogP contribution in [0.5, 0.6) is 0 Å². The van der Waals surface area contributed by atoms with Crippen LogP contribution in [0.4, 0.5) is 0 Å². The summed E-state index contributed by atoms with van der Waals surface area (Å²) < 4.78 is 11.6. The highest BCUT2D eigenvalue weighted by atomic mass is 28.4. The zero-order chi connectivity index (χ0) is 25.5. The SMILES string of the molecule is C#C[C@](CCCCC(C)(C)[Si](O)(c1ccccc1)c1ccccc1)(CC(=O)N(C)C)C1OCCO1. The molecular formula is C29H39NO4Si. The molecular weight excluding hydrogens is 454 g/mol. The Morgan fingerprint density at radius 3 is 1.94 bits per heavy atom. The van der Waals surface area contributed by atoms with Crippen molar-refractivity contribution in [3.63, 3.8) is 0 Å². The molecule has 1 fully saturated rings. The third-order valence-corrected chi connectivity index (χ3v) is 11.9. The van der Waals surface area contributed by atoms with Crippen LogP contribution in [0, 0.1) is 17.8 Å². The van der Waals surface area contributed by atoms with Gasteiger partial charge in [0.05, 0.1) is 18.6 Å². The molecule has 3 rings (SSSR count). The number of rotatable bonds is 11. The van der Waals surface area contributed by atoms with Crippen molar-refractivity contribution in [1.82, 2.24) is 4.90 Å². The normalized spacial score (nSPS) is 16.5. The Morgan fingerprint density at radius 2 is 1.49 bits per heavy atom. The molecule has 1 aliphatic rings. The molecule has 1 N–H and O–H groups in total. The first kappa shape index (κ1) is 27.2. The van der Waals surface area contributed by atoms with E-state index in [1.165, 1.54) is 0 Å². The van der Waals surface area contributed by atoms with Gasteiger partial charge in [-0.1, -0.05) is 93.3 Å². The van der Waals surface area contributed by atoms with Gasteiger partial charge in [0.15, 0.2) is 6.29 Å². The number of terminal acetylenes is 1. The molecule has 0 saturated carbocycles. The summed E-state index contributed by atoms with van der Waals surface area (Å²) in [5.41, 5.74) is -0.797. The maximum atomic E-state index is 12.6. The quantitative estimate of drug-likeness (QED) is 0.296. The zero-order valence-electron chi connectivity index (χ0n) is 21.5. The second-order valence-corrected chi connectivity index (χ2v) is 14.3. The molecule has 0 aliphatic carbocycles. The van der Waals surface area contributed by atoms with Crippen molar-refractivity contribution < 1.29 is 19.1 Å². The lowest BCUT2D eigenvalue weighted by Gasteiger charge is -2.41. The van der Waals surface area contributed by atoms with E-state index in [1.807, 2.05) is 60.7 Å². The largest absolute Gasteiger partial charge is 0.424 e. The summed E-state index contributed by atoms with van der Waals surface area (Å²) in [6.07, 6.45) is 8.77. The molecule has 1 aliphatic heterocycles. The predicted octanol–water partition coefficient (Wildman–Crippen LogP) is 3.55. The molecule has 2 aromatic carbocycles. The Balaban J connectivity index is 1.77. The summed E-state index contributed by atoms with van der Waals surface area (Å²) in [6, 6.07) is 20.1. The summed E-state index contributed by atoms with van der Waals surface area (Å²) in [5.74, 6) is 2.85. The summed E-state index contributed by atoms with van der Waals surface area (Å²) in [6.45, 7) is 5.33. The summed E-state index contributed by atoms with van der Waals surface area (Å²) >= 11 is 0. The fourth-order valence-corrected chi connectivity index (χ4v) is 8.87. The van der Waals surface area contributed by atoms with E-state index in [0.29, 0.717) is 19.6 Å². The van der Waals surface area contributed by atoms with Crippen LogP contribution < -0.4 is 10.4 Å². The van der Waals surface area contributed by atoms with E-state index < -0.39 is 20.0 Å². The highest BCUT2D eigenvalue weighted by Crippen LogP contribution is 2.42. The van der Waals surface area contributed by atoms with Gasteiger partial charge in [-0.25, -0.2) is 0 Å². The molecule has 1 atom stereocenters. The van der Waals surface area contributed by atoms with E-state index in [-0.39, 0.29) is 17.4 Å². The molecule has 5 nitrogen and oxygen atoms in total. The molecule has 1 heterocycles. The van der Waals surface area contributed by atoms with Gasteiger partial charge in [-0.15, -0.1) is 6.42 Å². The van der Waals surface area contributed by atoms with Crippen LogP contribution in [0.3, 0.4) is 0 Å². The number of benzene rings is 2. The second kappa shape index (κ2) is 11.5. The van der Waals surface area contributed by atoms with E-state index in [4.69, 9.17) is 15.9 Å². The first-order valence-electron chi connectivity index (χ1n) is 12.4. The van der Waals surface area contributed by atoms with Crippen molar-refractivity contribution in [2.24, 2.45) is 5.41 Å². The number of hydrogen-bond donors (Lipinski definition) is 1. The van der Waals surface area contributed by atoms with Crippen molar-refractivity contribution in [1.29, 1.82) is 0 Å². The monoisotopic (exact) mass is 493 g/mol. The molecule has 6 heteroatoms. The summed E-state index contributed by atoms with van der Waals surface area (Å²) in [4.78, 5) is 26.5. The van der Waals surface area contributed by atoms with E-state index in [9.17, 15) is 9.59 Å². The zero-order valence-corrected chi connectivity index (χ0v) is 22.5. The maximum Gasteiger partial charge on any atom is 0.258 e. The topological polar surface area (TPSA) is 59.0 Å². The predicted molar refractivity (Wildman–Crippen MR) is 143 cm³/mol. The van der Waals surface area contributed by atoms with Crippen molar-refractivity contribution in [3.8, 4) is 12.3 Å². The Labute approximate surface area is 211 Å². The minimum atomic E-state index is -3.05. The van der Waals surface area contributed by atoms with E-state index in [0.717, 1.165) is 29.6 Å². The first-order chi connectivity index (χ1) is 16.7. The fraction of sp³-hybridized carbons (Fsp3) is 0.483. The van der Waals surface area contributed by atoms with Gasteiger partial charge in [-0.2, -0.15) is 0 Å². The molecule has 0 radical (unpaired) electrons. The molecule has 0 bridgehead atoms. The van der Waals surface area contributed by atoms with Crippen molar-refractivity contribution in [2.45, 2.75) is 57.3 Å². The number of carbonyl (C=O) groups excluding carboxylic acids is 1. The lowest BCUT2D eigenvalue weighted by molar-refractivity contribution is -0.144. The van der Waals surface area contributed by atoms with Gasteiger partial charge in [0.2, 0.25) is 5.91 Å². The van der Waals surface area contributed by atoms with Crippen LogP contribution >= 0.6 is 0 Å². The Bertz CT molecular complexity index is 957. The number of amides is 1. The number of hydrogen-bond acceptors (Lipinski definition) is 4. The van der Waals surface area contributed by atoms with Crippen molar-refractivity contribution in [3.05, 3.63) is 60.7 Å². The van der Waals surface area contributed by atoms with Crippen LogP contribution in [0.1, 0.15) is 46.0 Å². The fourth-order valence-electron chi connectivity index (χ4n) is 5.08. The van der Waals surface area contributed by atoms with Gasteiger partial charge < -0.3 is 19.2 Å². The highest BCUT2D eigenvalue weighted by molar-refractivity contribution is 6.98. The highest BCUT2D eigenvalue weighted by Gasteiger charge is 2.49. The van der Waals surface area contributed by atoms with Crippen molar-refractivity contribution >= 4 is 24.6 Å². The molecule has 1 amide bonds. The van der Waals surface area contributed by atoms with Gasteiger partial charge >= 0.3 is 0 Å². The van der Waals surface area contributed by atoms with Crippen LogP contribution in [0.2, 0.25) is 5.04 Å².